The quantitative estimate of drug-likeness (QED) is 0.810. The van der Waals surface area contributed by atoms with Crippen molar-refractivity contribution >= 4 is 6.16 Å². The number of carbonyl (C=O) groups excluding carboxylic acids is 1. The third-order valence-corrected chi connectivity index (χ3v) is 3.63. The van der Waals surface area contributed by atoms with Crippen molar-refractivity contribution in [3.05, 3.63) is 29.3 Å². The number of aromatic hydroxyl groups is 1. The highest BCUT2D eigenvalue weighted by Crippen LogP contribution is 2.47. The zero-order valence-electron chi connectivity index (χ0n) is 13.1. The highest BCUT2D eigenvalue weighted by Gasteiger charge is 2.37. The predicted octanol–water partition coefficient (Wildman–Crippen LogP) is 4.53. The van der Waals surface area contributed by atoms with Crippen molar-refractivity contribution in [2.45, 2.75) is 58.7 Å². The number of para-hydroxylation sites is 1. The summed E-state index contributed by atoms with van der Waals surface area (Å²) in [7, 11) is 0. The number of hydrogen-bond donors (Lipinski definition) is 1. The predicted molar refractivity (Wildman–Crippen MR) is 80.4 cm³/mol. The number of rotatable bonds is 5. The Balaban J connectivity index is 2.23. The van der Waals surface area contributed by atoms with Crippen LogP contribution >= 0.6 is 0 Å². The van der Waals surface area contributed by atoms with E-state index in [2.05, 4.69) is 0 Å². The van der Waals surface area contributed by atoms with Gasteiger partial charge in [0.15, 0.2) is 0 Å². The number of phenols is 1. The third-order valence-electron chi connectivity index (χ3n) is 3.63. The molecule has 1 atom stereocenters. The molecular formula is C17H24O4. The molecule has 1 saturated carbocycles. The maximum absolute atomic E-state index is 11.8. The third kappa shape index (κ3) is 3.90. The summed E-state index contributed by atoms with van der Waals surface area (Å²) in [4.78, 5) is 11.8. The molecule has 1 aliphatic carbocycles. The van der Waals surface area contributed by atoms with Crippen LogP contribution < -0.4 is 0 Å². The van der Waals surface area contributed by atoms with E-state index in [-0.39, 0.29) is 23.7 Å². The van der Waals surface area contributed by atoms with Gasteiger partial charge in [0, 0.05) is 11.5 Å². The lowest BCUT2D eigenvalue weighted by molar-refractivity contribution is -0.000832. The largest absolute Gasteiger partial charge is 0.509 e. The minimum Gasteiger partial charge on any atom is -0.507 e. The monoisotopic (exact) mass is 292 g/mol. The van der Waals surface area contributed by atoms with Crippen LogP contribution in [-0.4, -0.2) is 17.4 Å². The summed E-state index contributed by atoms with van der Waals surface area (Å²) < 4.78 is 10.5. The van der Waals surface area contributed by atoms with Gasteiger partial charge in [-0.2, -0.15) is 0 Å². The fourth-order valence-electron chi connectivity index (χ4n) is 2.41. The molecule has 1 unspecified atom stereocenters. The maximum Gasteiger partial charge on any atom is 0.509 e. The standard InChI is InChI=1S/C17H24O4/c1-10(2)13-6-5-7-14(15(13)18)16(12-8-9-12)21-17(19)20-11(3)4/h5-7,10-12,16,18H,8-9H2,1-4H3. The Morgan fingerprint density at radius 2 is 1.76 bits per heavy atom. The van der Waals surface area contributed by atoms with Gasteiger partial charge in [0.1, 0.15) is 11.9 Å². The highest BCUT2D eigenvalue weighted by atomic mass is 16.7. The molecule has 0 radical (unpaired) electrons. The molecule has 0 amide bonds. The van der Waals surface area contributed by atoms with Gasteiger partial charge in [0.05, 0.1) is 6.10 Å². The first-order chi connectivity index (χ1) is 9.90. The number of carbonyl (C=O) groups is 1. The first-order valence-corrected chi connectivity index (χ1v) is 7.59. The Morgan fingerprint density at radius 1 is 1.14 bits per heavy atom. The Hall–Kier alpha value is -1.71. The van der Waals surface area contributed by atoms with Crippen LogP contribution in [0.5, 0.6) is 5.75 Å². The molecule has 4 nitrogen and oxygen atoms in total. The molecule has 1 N–H and O–H groups in total. The first-order valence-electron chi connectivity index (χ1n) is 7.59. The number of phenolic OH excluding ortho intramolecular Hbond substituents is 1. The molecule has 0 spiro atoms. The zero-order chi connectivity index (χ0) is 15.6. The van der Waals surface area contributed by atoms with Gasteiger partial charge in [-0.25, -0.2) is 4.79 Å². The summed E-state index contributed by atoms with van der Waals surface area (Å²) in [5.74, 6) is 0.729. The van der Waals surface area contributed by atoms with Crippen LogP contribution in [0.4, 0.5) is 4.79 Å². The summed E-state index contributed by atoms with van der Waals surface area (Å²) >= 11 is 0. The fraction of sp³-hybridized carbons (Fsp3) is 0.588. The van der Waals surface area contributed by atoms with E-state index in [0.29, 0.717) is 5.56 Å². The van der Waals surface area contributed by atoms with Crippen molar-refractivity contribution in [2.75, 3.05) is 0 Å². The van der Waals surface area contributed by atoms with E-state index in [0.717, 1.165) is 18.4 Å². The Kier molecular flexibility index (Phi) is 4.76. The van der Waals surface area contributed by atoms with Gasteiger partial charge in [0.2, 0.25) is 0 Å². The Morgan fingerprint density at radius 3 is 2.29 bits per heavy atom. The van der Waals surface area contributed by atoms with E-state index in [1.807, 2.05) is 32.0 Å². The van der Waals surface area contributed by atoms with Crippen molar-refractivity contribution in [1.29, 1.82) is 0 Å². The van der Waals surface area contributed by atoms with Gasteiger partial charge in [-0.15, -0.1) is 0 Å². The van der Waals surface area contributed by atoms with Crippen LogP contribution in [0.15, 0.2) is 18.2 Å². The second-order valence-electron chi connectivity index (χ2n) is 6.23. The molecule has 116 valence electrons. The average molecular weight is 292 g/mol. The second-order valence-corrected chi connectivity index (χ2v) is 6.23. The molecule has 2 rings (SSSR count). The van der Waals surface area contributed by atoms with Crippen molar-refractivity contribution in [3.8, 4) is 5.75 Å². The van der Waals surface area contributed by atoms with Crippen molar-refractivity contribution < 1.29 is 19.4 Å². The molecule has 0 saturated heterocycles. The number of benzene rings is 1. The van der Waals surface area contributed by atoms with E-state index >= 15 is 0 Å². The zero-order valence-corrected chi connectivity index (χ0v) is 13.1. The maximum atomic E-state index is 11.8. The van der Waals surface area contributed by atoms with E-state index in [1.54, 1.807) is 13.8 Å². The minimum absolute atomic E-state index is 0.215. The van der Waals surface area contributed by atoms with Gasteiger partial charge in [-0.05, 0) is 38.2 Å². The van der Waals surface area contributed by atoms with E-state index in [1.165, 1.54) is 0 Å². The SMILES string of the molecule is CC(C)OC(=O)OC(c1cccc(C(C)C)c1O)C1CC1. The summed E-state index contributed by atoms with van der Waals surface area (Å²) in [6.45, 7) is 7.62. The molecule has 4 heteroatoms. The number of ether oxygens (including phenoxy) is 2. The first kappa shape index (κ1) is 15.7. The number of hydrogen-bond acceptors (Lipinski definition) is 4. The lowest BCUT2D eigenvalue weighted by atomic mass is 9.95. The smallest absolute Gasteiger partial charge is 0.507 e. The van der Waals surface area contributed by atoms with Crippen LogP contribution in [0, 0.1) is 5.92 Å². The van der Waals surface area contributed by atoms with Crippen molar-refractivity contribution in [1.82, 2.24) is 0 Å². The molecule has 1 aliphatic rings. The van der Waals surface area contributed by atoms with Crippen molar-refractivity contribution in [3.63, 3.8) is 0 Å². The summed E-state index contributed by atoms with van der Waals surface area (Å²) in [5, 5.41) is 10.5. The van der Waals surface area contributed by atoms with Crippen LogP contribution in [-0.2, 0) is 9.47 Å². The van der Waals surface area contributed by atoms with E-state index in [4.69, 9.17) is 9.47 Å². The van der Waals surface area contributed by atoms with Gasteiger partial charge < -0.3 is 14.6 Å². The Labute approximate surface area is 126 Å². The normalized spacial score (nSPS) is 16.1. The Bertz CT molecular complexity index is 504. The van der Waals surface area contributed by atoms with Crippen LogP contribution in [0.2, 0.25) is 0 Å². The summed E-state index contributed by atoms with van der Waals surface area (Å²) in [6, 6.07) is 5.63. The minimum atomic E-state index is -0.670. The molecule has 21 heavy (non-hydrogen) atoms. The molecule has 1 fully saturated rings. The van der Waals surface area contributed by atoms with Gasteiger partial charge in [0.25, 0.3) is 0 Å². The van der Waals surface area contributed by atoms with Gasteiger partial charge >= 0.3 is 6.16 Å². The molecule has 0 bridgehead atoms. The fourth-order valence-corrected chi connectivity index (χ4v) is 2.41. The lowest BCUT2D eigenvalue weighted by Gasteiger charge is -2.21. The molecular weight excluding hydrogens is 268 g/mol. The summed E-state index contributed by atoms with van der Waals surface area (Å²) in [5.41, 5.74) is 1.56. The highest BCUT2D eigenvalue weighted by molar-refractivity contribution is 5.61. The van der Waals surface area contributed by atoms with Crippen LogP contribution in [0.25, 0.3) is 0 Å². The lowest BCUT2D eigenvalue weighted by Crippen LogP contribution is -2.18. The molecule has 0 heterocycles. The van der Waals surface area contributed by atoms with Gasteiger partial charge in [-0.3, -0.25) is 0 Å². The molecule has 1 aromatic carbocycles. The van der Waals surface area contributed by atoms with Crippen molar-refractivity contribution in [2.24, 2.45) is 5.92 Å². The van der Waals surface area contributed by atoms with Gasteiger partial charge in [-0.1, -0.05) is 32.0 Å². The van der Waals surface area contributed by atoms with Crippen LogP contribution in [0.3, 0.4) is 0 Å². The molecule has 0 aromatic heterocycles. The van der Waals surface area contributed by atoms with Crippen LogP contribution in [0.1, 0.15) is 63.7 Å². The topological polar surface area (TPSA) is 55.8 Å². The average Bonchev–Trinajstić information content (AvgIpc) is 3.19. The molecule has 0 aliphatic heterocycles. The molecule has 1 aromatic rings. The van der Waals surface area contributed by atoms with E-state index in [9.17, 15) is 9.90 Å². The van der Waals surface area contributed by atoms with E-state index < -0.39 is 12.3 Å². The summed E-state index contributed by atoms with van der Waals surface area (Å²) in [6.07, 6.45) is 0.704. The second kappa shape index (κ2) is 6.37.